The fourth-order valence-corrected chi connectivity index (χ4v) is 6.05. The van der Waals surface area contributed by atoms with E-state index in [2.05, 4.69) is 35.2 Å². The van der Waals surface area contributed by atoms with Crippen LogP contribution in [-0.2, 0) is 0 Å². The molecule has 1 saturated carbocycles. The molecule has 1 aliphatic heterocycles. The van der Waals surface area contributed by atoms with Crippen LogP contribution in [0.15, 0.2) is 84.9 Å². The average Bonchev–Trinajstić information content (AvgIpc) is 2.91. The molecule has 2 fully saturated rings. The third-order valence-corrected chi connectivity index (χ3v) is 7.89. The van der Waals surface area contributed by atoms with Crippen LogP contribution in [0.2, 0.25) is 5.02 Å². The van der Waals surface area contributed by atoms with E-state index >= 15 is 0 Å². The van der Waals surface area contributed by atoms with E-state index in [0.717, 1.165) is 37.2 Å². The molecule has 1 amide bonds. The maximum Gasteiger partial charge on any atom is 0.258 e. The highest BCUT2D eigenvalue weighted by Gasteiger charge is 2.36. The molecule has 0 bridgehead atoms. The van der Waals surface area contributed by atoms with Crippen molar-refractivity contribution in [2.24, 2.45) is 0 Å². The van der Waals surface area contributed by atoms with Gasteiger partial charge in [-0.25, -0.2) is 0 Å². The maximum atomic E-state index is 13.6. The molecule has 176 valence electrons. The number of likely N-dealkylation sites (tertiary alicyclic amines) is 1. The molecule has 0 aromatic heterocycles. The van der Waals surface area contributed by atoms with E-state index in [1.165, 1.54) is 31.2 Å². The summed E-state index contributed by atoms with van der Waals surface area (Å²) in [6, 6.07) is 29.2. The Morgan fingerprint density at radius 1 is 0.765 bits per heavy atom. The summed E-state index contributed by atoms with van der Waals surface area (Å²) in [7, 11) is 0. The van der Waals surface area contributed by atoms with Crippen LogP contribution in [0.1, 0.15) is 60.4 Å². The molecule has 2 aliphatic rings. The number of hydrogen-bond donors (Lipinski definition) is 0. The Morgan fingerprint density at radius 2 is 1.38 bits per heavy atom. The smallest absolute Gasteiger partial charge is 0.258 e. The van der Waals surface area contributed by atoms with Crippen molar-refractivity contribution in [2.45, 2.75) is 56.5 Å². The quantitative estimate of drug-likeness (QED) is 0.392. The van der Waals surface area contributed by atoms with Gasteiger partial charge in [-0.05, 0) is 73.6 Å². The van der Waals surface area contributed by atoms with Crippen molar-refractivity contribution < 1.29 is 4.79 Å². The molecule has 34 heavy (non-hydrogen) atoms. The summed E-state index contributed by atoms with van der Waals surface area (Å²) in [4.78, 5) is 18.4. The summed E-state index contributed by atoms with van der Waals surface area (Å²) >= 11 is 6.16. The second-order valence-corrected chi connectivity index (χ2v) is 10.1. The molecule has 0 radical (unpaired) electrons. The second-order valence-electron chi connectivity index (χ2n) is 9.65. The van der Waals surface area contributed by atoms with E-state index in [4.69, 9.17) is 11.6 Å². The topological polar surface area (TPSA) is 23.6 Å². The van der Waals surface area contributed by atoms with Gasteiger partial charge in [0.2, 0.25) is 0 Å². The molecule has 2 atom stereocenters. The predicted molar refractivity (Wildman–Crippen MR) is 141 cm³/mol. The SMILES string of the molecule is O=C(c1ccccc1)N(c1ccc(Cl)cc1)C1CCN([C@@H]2CCCC[C@@H]2c2ccccc2)CC1. The van der Waals surface area contributed by atoms with E-state index in [-0.39, 0.29) is 11.9 Å². The van der Waals surface area contributed by atoms with Crippen LogP contribution in [0, 0.1) is 0 Å². The molecule has 3 aromatic rings. The minimum Gasteiger partial charge on any atom is -0.305 e. The highest BCUT2D eigenvalue weighted by atomic mass is 35.5. The van der Waals surface area contributed by atoms with Crippen LogP contribution < -0.4 is 4.90 Å². The summed E-state index contributed by atoms with van der Waals surface area (Å²) in [5.41, 5.74) is 3.14. The number of carbonyl (C=O) groups is 1. The Kier molecular flexibility index (Phi) is 7.32. The summed E-state index contributed by atoms with van der Waals surface area (Å²) in [5, 5.41) is 0.690. The standard InChI is InChI=1S/C30H33ClN2O/c31-25-15-17-26(18-16-25)33(30(34)24-11-5-2-6-12-24)27-19-21-32(22-20-27)29-14-8-7-13-28(29)23-9-3-1-4-10-23/h1-6,9-12,15-18,27-29H,7-8,13-14,19-22H2/t28-,29-/m1/s1. The highest BCUT2D eigenvalue weighted by molar-refractivity contribution is 6.30. The zero-order chi connectivity index (χ0) is 23.3. The first-order valence-electron chi connectivity index (χ1n) is 12.6. The van der Waals surface area contributed by atoms with Gasteiger partial charge in [0.05, 0.1) is 0 Å². The van der Waals surface area contributed by atoms with Crippen LogP contribution in [0.5, 0.6) is 0 Å². The lowest BCUT2D eigenvalue weighted by atomic mass is 9.78. The molecular weight excluding hydrogens is 440 g/mol. The normalized spacial score (nSPS) is 21.8. The van der Waals surface area contributed by atoms with Crippen molar-refractivity contribution in [1.82, 2.24) is 4.90 Å². The van der Waals surface area contributed by atoms with Crippen LogP contribution in [0.3, 0.4) is 0 Å². The summed E-state index contributed by atoms with van der Waals surface area (Å²) in [6.45, 7) is 2.07. The van der Waals surface area contributed by atoms with Gasteiger partial charge in [0.15, 0.2) is 0 Å². The van der Waals surface area contributed by atoms with E-state index in [0.29, 0.717) is 17.0 Å². The van der Waals surface area contributed by atoms with Crippen LogP contribution in [0.4, 0.5) is 5.69 Å². The monoisotopic (exact) mass is 472 g/mol. The molecule has 3 aromatic carbocycles. The lowest BCUT2D eigenvalue weighted by Crippen LogP contribution is -2.51. The van der Waals surface area contributed by atoms with E-state index in [1.54, 1.807) is 0 Å². The van der Waals surface area contributed by atoms with Gasteiger partial charge >= 0.3 is 0 Å². The number of halogens is 1. The Labute approximate surface area is 208 Å². The third kappa shape index (κ3) is 5.06. The van der Waals surface area contributed by atoms with Gasteiger partial charge in [-0.1, -0.05) is 73.0 Å². The summed E-state index contributed by atoms with van der Waals surface area (Å²) in [6.07, 6.45) is 7.16. The fourth-order valence-electron chi connectivity index (χ4n) is 5.93. The van der Waals surface area contributed by atoms with Crippen molar-refractivity contribution >= 4 is 23.2 Å². The van der Waals surface area contributed by atoms with Gasteiger partial charge in [-0.3, -0.25) is 9.69 Å². The molecule has 0 spiro atoms. The Bertz CT molecular complexity index is 1060. The second kappa shape index (κ2) is 10.8. The first kappa shape index (κ1) is 23.1. The minimum atomic E-state index is 0.0706. The Balaban J connectivity index is 1.34. The van der Waals surface area contributed by atoms with Crippen LogP contribution in [0.25, 0.3) is 0 Å². The van der Waals surface area contributed by atoms with Gasteiger partial charge in [0.25, 0.3) is 5.91 Å². The minimum absolute atomic E-state index is 0.0706. The van der Waals surface area contributed by atoms with E-state index < -0.39 is 0 Å². The first-order valence-corrected chi connectivity index (χ1v) is 13.0. The highest BCUT2D eigenvalue weighted by Crippen LogP contribution is 2.38. The van der Waals surface area contributed by atoms with Crippen molar-refractivity contribution in [3.05, 3.63) is 101 Å². The van der Waals surface area contributed by atoms with Crippen molar-refractivity contribution in [3.8, 4) is 0 Å². The number of anilines is 1. The molecule has 3 nitrogen and oxygen atoms in total. The Hall–Kier alpha value is -2.62. The lowest BCUT2D eigenvalue weighted by Gasteiger charge is -2.45. The predicted octanol–water partition coefficient (Wildman–Crippen LogP) is 7.18. The average molecular weight is 473 g/mol. The number of nitrogens with zero attached hydrogens (tertiary/aromatic N) is 2. The van der Waals surface area contributed by atoms with Crippen LogP contribution >= 0.6 is 11.6 Å². The van der Waals surface area contributed by atoms with Crippen LogP contribution in [-0.4, -0.2) is 36.0 Å². The molecular formula is C30H33ClN2O. The largest absolute Gasteiger partial charge is 0.305 e. The van der Waals surface area contributed by atoms with E-state index in [9.17, 15) is 4.79 Å². The lowest BCUT2D eigenvalue weighted by molar-refractivity contribution is 0.0895. The number of carbonyl (C=O) groups excluding carboxylic acids is 1. The zero-order valence-corrected chi connectivity index (χ0v) is 20.4. The van der Waals surface area contributed by atoms with Crippen molar-refractivity contribution in [2.75, 3.05) is 18.0 Å². The van der Waals surface area contributed by atoms with Crippen molar-refractivity contribution in [3.63, 3.8) is 0 Å². The van der Waals surface area contributed by atoms with Gasteiger partial charge in [0, 0.05) is 41.4 Å². The first-order chi connectivity index (χ1) is 16.7. The molecule has 1 saturated heterocycles. The van der Waals surface area contributed by atoms with E-state index in [1.807, 2.05) is 59.5 Å². The molecule has 0 N–H and O–H groups in total. The fraction of sp³-hybridized carbons (Fsp3) is 0.367. The van der Waals surface area contributed by atoms with Gasteiger partial charge in [0.1, 0.15) is 0 Å². The molecule has 1 aliphatic carbocycles. The number of rotatable bonds is 5. The number of hydrogen-bond acceptors (Lipinski definition) is 2. The van der Waals surface area contributed by atoms with Gasteiger partial charge < -0.3 is 4.90 Å². The number of benzene rings is 3. The number of piperidine rings is 1. The maximum absolute atomic E-state index is 13.6. The van der Waals surface area contributed by atoms with Gasteiger partial charge in [-0.2, -0.15) is 0 Å². The number of amides is 1. The zero-order valence-electron chi connectivity index (χ0n) is 19.7. The molecule has 4 heteroatoms. The third-order valence-electron chi connectivity index (χ3n) is 7.63. The molecule has 0 unspecified atom stereocenters. The summed E-state index contributed by atoms with van der Waals surface area (Å²) < 4.78 is 0. The summed E-state index contributed by atoms with van der Waals surface area (Å²) in [5.74, 6) is 0.686. The molecule has 1 heterocycles. The van der Waals surface area contributed by atoms with Crippen molar-refractivity contribution in [1.29, 1.82) is 0 Å². The Morgan fingerprint density at radius 3 is 2.06 bits per heavy atom. The molecule has 5 rings (SSSR count). The van der Waals surface area contributed by atoms with Gasteiger partial charge in [-0.15, -0.1) is 0 Å².